The second-order valence-electron chi connectivity index (χ2n) is 6.90. The molecule has 0 atom stereocenters. The Balaban J connectivity index is 1.43. The van der Waals surface area contributed by atoms with Gasteiger partial charge < -0.3 is 14.2 Å². The molecule has 0 saturated heterocycles. The number of aromatic nitrogens is 1. The Morgan fingerprint density at radius 1 is 1.13 bits per heavy atom. The summed E-state index contributed by atoms with van der Waals surface area (Å²) in [7, 11) is 1.33. The van der Waals surface area contributed by atoms with Gasteiger partial charge in [-0.2, -0.15) is 0 Å². The van der Waals surface area contributed by atoms with Crippen LogP contribution in [-0.2, 0) is 22.5 Å². The second-order valence-corrected chi connectivity index (χ2v) is 6.90. The van der Waals surface area contributed by atoms with Crippen LogP contribution in [0.1, 0.15) is 27.2 Å². The minimum atomic E-state index is -0.404. The molecule has 2 aromatic carbocycles. The Morgan fingerprint density at radius 2 is 1.87 bits per heavy atom. The van der Waals surface area contributed by atoms with E-state index in [-0.39, 0.29) is 11.7 Å². The molecule has 1 amide bonds. The van der Waals surface area contributed by atoms with Gasteiger partial charge in [0, 0.05) is 23.7 Å². The van der Waals surface area contributed by atoms with Crippen LogP contribution >= 0.6 is 0 Å². The zero-order valence-corrected chi connectivity index (χ0v) is 16.3. The van der Waals surface area contributed by atoms with E-state index in [1.54, 1.807) is 47.4 Å². The van der Waals surface area contributed by atoms with Crippen molar-refractivity contribution >= 4 is 18.0 Å². The third kappa shape index (κ3) is 4.00. The van der Waals surface area contributed by atoms with Crippen LogP contribution in [0.4, 0.5) is 4.39 Å². The largest absolute Gasteiger partial charge is 0.465 e. The number of esters is 1. The monoisotopic (exact) mass is 406 g/mol. The van der Waals surface area contributed by atoms with Crippen molar-refractivity contribution in [2.75, 3.05) is 13.7 Å². The number of hydrogen-bond acceptors (Lipinski definition) is 5. The van der Waals surface area contributed by atoms with E-state index in [4.69, 9.17) is 4.52 Å². The lowest BCUT2D eigenvalue weighted by molar-refractivity contribution is -0.126. The molecule has 4 rings (SSSR count). The van der Waals surface area contributed by atoms with Gasteiger partial charge in [-0.3, -0.25) is 4.79 Å². The Morgan fingerprint density at radius 3 is 2.57 bits per heavy atom. The van der Waals surface area contributed by atoms with Crippen molar-refractivity contribution < 1.29 is 23.2 Å². The zero-order valence-electron chi connectivity index (χ0n) is 16.3. The van der Waals surface area contributed by atoms with Crippen LogP contribution in [0.25, 0.3) is 17.4 Å². The molecular weight excluding hydrogens is 387 g/mol. The molecule has 6 nitrogen and oxygen atoms in total. The van der Waals surface area contributed by atoms with Crippen LogP contribution < -0.4 is 0 Å². The number of ether oxygens (including phenoxy) is 1. The first kappa shape index (κ1) is 19.6. The SMILES string of the molecule is COC(=O)c1ccc(/C=C/C(=O)N2CCc3c(noc3-c3ccc(F)cc3)C2)cc1. The molecular formula is C23H19FN2O4. The van der Waals surface area contributed by atoms with Gasteiger partial charge in [0.1, 0.15) is 11.5 Å². The van der Waals surface area contributed by atoms with Crippen LogP contribution in [0.15, 0.2) is 59.1 Å². The van der Waals surface area contributed by atoms with Gasteiger partial charge in [0.25, 0.3) is 0 Å². The summed E-state index contributed by atoms with van der Waals surface area (Å²) >= 11 is 0. The molecule has 0 bridgehead atoms. The molecule has 0 unspecified atom stereocenters. The number of benzene rings is 2. The number of carbonyl (C=O) groups excluding carboxylic acids is 2. The van der Waals surface area contributed by atoms with Crippen LogP contribution in [0.3, 0.4) is 0 Å². The van der Waals surface area contributed by atoms with E-state index in [0.29, 0.717) is 36.5 Å². The maximum absolute atomic E-state index is 13.2. The highest BCUT2D eigenvalue weighted by atomic mass is 19.1. The molecule has 1 aliphatic rings. The molecule has 0 saturated carbocycles. The summed E-state index contributed by atoms with van der Waals surface area (Å²) in [6.07, 6.45) is 3.81. The highest BCUT2D eigenvalue weighted by Gasteiger charge is 2.26. The predicted octanol–water partition coefficient (Wildman–Crippen LogP) is 3.87. The Labute approximate surface area is 172 Å². The topological polar surface area (TPSA) is 72.6 Å². The van der Waals surface area contributed by atoms with Gasteiger partial charge in [-0.25, -0.2) is 9.18 Å². The summed E-state index contributed by atoms with van der Waals surface area (Å²) in [4.78, 5) is 25.7. The third-order valence-electron chi connectivity index (χ3n) is 5.01. The van der Waals surface area contributed by atoms with Crippen LogP contribution in [0.2, 0.25) is 0 Å². The van der Waals surface area contributed by atoms with Gasteiger partial charge in [-0.05, 0) is 54.5 Å². The van der Waals surface area contributed by atoms with Gasteiger partial charge in [0.05, 0.1) is 19.2 Å². The van der Waals surface area contributed by atoms with Gasteiger partial charge in [-0.1, -0.05) is 17.3 Å². The first-order valence-corrected chi connectivity index (χ1v) is 9.44. The van der Waals surface area contributed by atoms with Crippen molar-refractivity contribution in [1.82, 2.24) is 10.1 Å². The van der Waals surface area contributed by atoms with Crippen molar-refractivity contribution in [2.24, 2.45) is 0 Å². The molecule has 0 radical (unpaired) electrons. The number of hydrogen-bond donors (Lipinski definition) is 0. The predicted molar refractivity (Wildman–Crippen MR) is 108 cm³/mol. The Bertz CT molecular complexity index is 1100. The first-order valence-electron chi connectivity index (χ1n) is 9.44. The smallest absolute Gasteiger partial charge is 0.337 e. The standard InChI is InChI=1S/C23H19FN2O4/c1-29-23(28)17-5-2-15(3-6-17)4-11-21(27)26-13-12-19-20(14-26)25-30-22(19)16-7-9-18(24)10-8-16/h2-11H,12-14H2,1H3/b11-4+. The van der Waals surface area contributed by atoms with E-state index in [0.717, 1.165) is 16.7 Å². The molecule has 0 N–H and O–H groups in total. The van der Waals surface area contributed by atoms with E-state index in [1.807, 2.05) is 0 Å². The molecule has 1 aromatic heterocycles. The van der Waals surface area contributed by atoms with E-state index < -0.39 is 5.97 Å². The quantitative estimate of drug-likeness (QED) is 0.486. The number of halogens is 1. The molecule has 2 heterocycles. The van der Waals surface area contributed by atoms with Gasteiger partial charge >= 0.3 is 5.97 Å². The van der Waals surface area contributed by atoms with E-state index >= 15 is 0 Å². The normalized spacial score (nSPS) is 13.3. The lowest BCUT2D eigenvalue weighted by Crippen LogP contribution is -2.34. The van der Waals surface area contributed by atoms with Crippen molar-refractivity contribution in [3.05, 3.63) is 82.8 Å². The maximum atomic E-state index is 13.2. The lowest BCUT2D eigenvalue weighted by atomic mass is 10.0. The summed E-state index contributed by atoms with van der Waals surface area (Å²) in [5.41, 5.74) is 3.68. The van der Waals surface area contributed by atoms with Crippen molar-refractivity contribution in [1.29, 1.82) is 0 Å². The van der Waals surface area contributed by atoms with E-state index in [1.165, 1.54) is 25.3 Å². The summed E-state index contributed by atoms with van der Waals surface area (Å²) in [5.74, 6) is -0.226. The maximum Gasteiger partial charge on any atom is 0.337 e. The molecule has 0 spiro atoms. The number of carbonyl (C=O) groups is 2. The highest BCUT2D eigenvalue weighted by molar-refractivity contribution is 5.92. The molecule has 30 heavy (non-hydrogen) atoms. The Hall–Kier alpha value is -3.74. The zero-order chi connectivity index (χ0) is 21.1. The van der Waals surface area contributed by atoms with Crippen molar-refractivity contribution in [3.8, 4) is 11.3 Å². The van der Waals surface area contributed by atoms with Crippen LogP contribution in [-0.4, -0.2) is 35.6 Å². The van der Waals surface area contributed by atoms with Crippen molar-refractivity contribution in [2.45, 2.75) is 13.0 Å². The summed E-state index contributed by atoms with van der Waals surface area (Å²) in [6, 6.07) is 12.9. The number of rotatable bonds is 4. The first-order chi connectivity index (χ1) is 14.5. The third-order valence-corrected chi connectivity index (χ3v) is 5.01. The van der Waals surface area contributed by atoms with Crippen molar-refractivity contribution in [3.63, 3.8) is 0 Å². The number of fused-ring (bicyclic) bond motifs is 1. The van der Waals surface area contributed by atoms with E-state index in [2.05, 4.69) is 9.89 Å². The molecule has 3 aromatic rings. The highest BCUT2D eigenvalue weighted by Crippen LogP contribution is 2.30. The summed E-state index contributed by atoms with van der Waals surface area (Å²) < 4.78 is 23.3. The van der Waals surface area contributed by atoms with Crippen LogP contribution in [0, 0.1) is 5.82 Å². The van der Waals surface area contributed by atoms with Gasteiger partial charge in [0.15, 0.2) is 5.76 Å². The second kappa shape index (κ2) is 8.32. The number of nitrogens with zero attached hydrogens (tertiary/aromatic N) is 2. The fraction of sp³-hybridized carbons (Fsp3) is 0.174. The van der Waals surface area contributed by atoms with Gasteiger partial charge in [0.2, 0.25) is 5.91 Å². The summed E-state index contributed by atoms with van der Waals surface area (Å²) in [6.45, 7) is 0.886. The number of methoxy groups -OCH3 is 1. The Kier molecular flexibility index (Phi) is 5.43. The fourth-order valence-corrected chi connectivity index (χ4v) is 3.37. The summed E-state index contributed by atoms with van der Waals surface area (Å²) in [5, 5.41) is 4.11. The average Bonchev–Trinajstić information content (AvgIpc) is 3.21. The van der Waals surface area contributed by atoms with Crippen LogP contribution in [0.5, 0.6) is 0 Å². The van der Waals surface area contributed by atoms with E-state index in [9.17, 15) is 14.0 Å². The average molecular weight is 406 g/mol. The van der Waals surface area contributed by atoms with Gasteiger partial charge in [-0.15, -0.1) is 0 Å². The molecule has 7 heteroatoms. The molecule has 0 fully saturated rings. The minimum absolute atomic E-state index is 0.135. The lowest BCUT2D eigenvalue weighted by Gasteiger charge is -2.24. The minimum Gasteiger partial charge on any atom is -0.465 e. The molecule has 1 aliphatic heterocycles. The molecule has 152 valence electrons. The fourth-order valence-electron chi connectivity index (χ4n) is 3.37. The number of amides is 1. The molecule has 0 aliphatic carbocycles.